The second-order valence-corrected chi connectivity index (χ2v) is 9.08. The molecule has 1 fully saturated rings. The van der Waals surface area contributed by atoms with E-state index in [9.17, 15) is 18.0 Å². The largest absolute Gasteiger partial charge is 0.462 e. The molecule has 1 saturated heterocycles. The fourth-order valence-corrected chi connectivity index (χ4v) is 5.06. The van der Waals surface area contributed by atoms with E-state index in [-0.39, 0.29) is 22.3 Å². The lowest BCUT2D eigenvalue weighted by Crippen LogP contribution is -2.54. The van der Waals surface area contributed by atoms with Gasteiger partial charge in [-0.05, 0) is 39.8 Å². The van der Waals surface area contributed by atoms with Crippen LogP contribution in [0.4, 0.5) is 5.82 Å². The molecule has 1 aliphatic rings. The molecular formula is C20H27N5O6S. The number of aromatic nitrogens is 2. The van der Waals surface area contributed by atoms with E-state index in [2.05, 4.69) is 14.9 Å². The third-order valence-corrected chi connectivity index (χ3v) is 6.90. The zero-order valence-electron chi connectivity index (χ0n) is 18.5. The van der Waals surface area contributed by atoms with Crippen LogP contribution in [0.25, 0.3) is 0 Å². The number of piperazine rings is 1. The molecule has 11 nitrogen and oxygen atoms in total. The van der Waals surface area contributed by atoms with E-state index in [1.807, 2.05) is 4.90 Å². The van der Waals surface area contributed by atoms with Gasteiger partial charge in [0.25, 0.3) is 0 Å². The number of rotatable bonds is 7. The molecule has 1 amide bonds. The smallest absolute Gasteiger partial charge is 0.339 e. The van der Waals surface area contributed by atoms with Crippen molar-refractivity contribution in [2.24, 2.45) is 0 Å². The van der Waals surface area contributed by atoms with E-state index in [4.69, 9.17) is 9.26 Å². The van der Waals surface area contributed by atoms with Crippen molar-refractivity contribution in [3.63, 3.8) is 0 Å². The van der Waals surface area contributed by atoms with Gasteiger partial charge in [-0.2, -0.15) is 4.72 Å². The van der Waals surface area contributed by atoms with Gasteiger partial charge >= 0.3 is 5.97 Å². The number of anilines is 1. The highest BCUT2D eigenvalue weighted by Gasteiger charge is 2.31. The van der Waals surface area contributed by atoms with Crippen molar-refractivity contribution in [3.05, 3.63) is 35.3 Å². The molecule has 0 aromatic carbocycles. The topological polar surface area (TPSA) is 135 Å². The summed E-state index contributed by atoms with van der Waals surface area (Å²) in [6.45, 7) is 8.47. The molecule has 0 radical (unpaired) electrons. The minimum Gasteiger partial charge on any atom is -0.462 e. The average molecular weight is 466 g/mol. The Bertz CT molecular complexity index is 1050. The van der Waals surface area contributed by atoms with Crippen LogP contribution in [-0.4, -0.2) is 74.2 Å². The maximum absolute atomic E-state index is 12.8. The van der Waals surface area contributed by atoms with Gasteiger partial charge in [0.1, 0.15) is 16.4 Å². The Kier molecular flexibility index (Phi) is 7.14. The summed E-state index contributed by atoms with van der Waals surface area (Å²) >= 11 is 0. The summed E-state index contributed by atoms with van der Waals surface area (Å²) in [5.41, 5.74) is 0.619. The van der Waals surface area contributed by atoms with Crippen molar-refractivity contribution >= 4 is 27.7 Å². The normalized spacial score (nSPS) is 15.5. The molecule has 1 aliphatic heterocycles. The monoisotopic (exact) mass is 465 g/mol. The van der Waals surface area contributed by atoms with Crippen LogP contribution in [0, 0.1) is 13.8 Å². The lowest BCUT2D eigenvalue weighted by molar-refractivity contribution is -0.132. The van der Waals surface area contributed by atoms with Crippen LogP contribution < -0.4 is 9.62 Å². The van der Waals surface area contributed by atoms with Crippen molar-refractivity contribution in [2.75, 3.05) is 37.7 Å². The molecule has 1 atom stereocenters. The average Bonchev–Trinajstić information content (AvgIpc) is 3.12. The Hall–Kier alpha value is -2.99. The van der Waals surface area contributed by atoms with Gasteiger partial charge < -0.3 is 19.1 Å². The Morgan fingerprint density at radius 1 is 1.22 bits per heavy atom. The van der Waals surface area contributed by atoms with Crippen molar-refractivity contribution < 1.29 is 27.3 Å². The molecule has 0 unspecified atom stereocenters. The van der Waals surface area contributed by atoms with E-state index in [1.165, 1.54) is 27.0 Å². The minimum atomic E-state index is -3.94. The summed E-state index contributed by atoms with van der Waals surface area (Å²) in [4.78, 5) is 32.5. The highest BCUT2D eigenvalue weighted by Crippen LogP contribution is 2.20. The molecule has 2 aromatic heterocycles. The number of hydrogen-bond donors (Lipinski definition) is 1. The summed E-state index contributed by atoms with van der Waals surface area (Å²) in [6, 6.07) is 2.45. The van der Waals surface area contributed by atoms with Crippen LogP contribution >= 0.6 is 0 Å². The van der Waals surface area contributed by atoms with Crippen molar-refractivity contribution in [1.29, 1.82) is 0 Å². The predicted molar refractivity (Wildman–Crippen MR) is 115 cm³/mol. The maximum Gasteiger partial charge on any atom is 0.339 e. The molecule has 3 rings (SSSR count). The zero-order valence-corrected chi connectivity index (χ0v) is 19.3. The summed E-state index contributed by atoms with van der Waals surface area (Å²) in [5, 5.41) is 3.66. The molecule has 174 valence electrons. The van der Waals surface area contributed by atoms with Gasteiger partial charge in [-0.3, -0.25) is 4.79 Å². The Labute approximate surface area is 186 Å². The SMILES string of the molecule is CCOC(=O)c1ccc(N2CCN(C(=O)[C@H](C)NS(=O)(=O)c3c(C)noc3C)CC2)nc1. The number of sulfonamides is 1. The van der Waals surface area contributed by atoms with E-state index in [1.54, 1.807) is 24.0 Å². The number of nitrogens with one attached hydrogen (secondary N) is 1. The molecule has 0 spiro atoms. The minimum absolute atomic E-state index is 0.0423. The van der Waals surface area contributed by atoms with E-state index < -0.39 is 22.0 Å². The van der Waals surface area contributed by atoms with E-state index in [0.717, 1.165) is 0 Å². The van der Waals surface area contributed by atoms with Gasteiger partial charge in [-0.1, -0.05) is 5.16 Å². The van der Waals surface area contributed by atoms with Crippen molar-refractivity contribution in [2.45, 2.75) is 38.6 Å². The Morgan fingerprint density at radius 2 is 1.91 bits per heavy atom. The second-order valence-electron chi connectivity index (χ2n) is 7.43. The molecule has 0 bridgehead atoms. The molecule has 1 N–H and O–H groups in total. The first-order chi connectivity index (χ1) is 15.1. The Morgan fingerprint density at radius 3 is 2.44 bits per heavy atom. The van der Waals surface area contributed by atoms with Gasteiger partial charge in [0.15, 0.2) is 5.76 Å². The highest BCUT2D eigenvalue weighted by molar-refractivity contribution is 7.89. The van der Waals surface area contributed by atoms with Crippen LogP contribution in [-0.2, 0) is 19.6 Å². The van der Waals surface area contributed by atoms with Crippen LogP contribution in [0.15, 0.2) is 27.7 Å². The number of pyridine rings is 1. The molecule has 12 heteroatoms. The first kappa shape index (κ1) is 23.7. The van der Waals surface area contributed by atoms with Gasteiger partial charge in [0, 0.05) is 32.4 Å². The molecule has 3 heterocycles. The number of carbonyl (C=O) groups is 2. The lowest BCUT2D eigenvalue weighted by atomic mass is 10.2. The van der Waals surface area contributed by atoms with Crippen LogP contribution in [0.2, 0.25) is 0 Å². The fraction of sp³-hybridized carbons (Fsp3) is 0.500. The van der Waals surface area contributed by atoms with Gasteiger partial charge in [0.05, 0.1) is 18.2 Å². The van der Waals surface area contributed by atoms with Crippen LogP contribution in [0.3, 0.4) is 0 Å². The zero-order chi connectivity index (χ0) is 23.5. The van der Waals surface area contributed by atoms with E-state index >= 15 is 0 Å². The maximum atomic E-state index is 12.8. The number of ether oxygens (including phenoxy) is 1. The quantitative estimate of drug-likeness (QED) is 0.591. The number of amides is 1. The van der Waals surface area contributed by atoms with Crippen molar-refractivity contribution in [1.82, 2.24) is 19.8 Å². The van der Waals surface area contributed by atoms with Gasteiger partial charge in [-0.15, -0.1) is 0 Å². The van der Waals surface area contributed by atoms with Gasteiger partial charge in [-0.25, -0.2) is 18.2 Å². The first-order valence-corrected chi connectivity index (χ1v) is 11.7. The lowest BCUT2D eigenvalue weighted by Gasteiger charge is -2.36. The third-order valence-electron chi connectivity index (χ3n) is 5.11. The number of carbonyl (C=O) groups excluding carboxylic acids is 2. The first-order valence-electron chi connectivity index (χ1n) is 10.3. The van der Waals surface area contributed by atoms with Crippen LogP contribution in [0.1, 0.15) is 35.7 Å². The summed E-state index contributed by atoms with van der Waals surface area (Å²) in [5.74, 6) is 0.127. The van der Waals surface area contributed by atoms with E-state index in [0.29, 0.717) is 44.2 Å². The fourth-order valence-electron chi connectivity index (χ4n) is 3.54. The second kappa shape index (κ2) is 9.65. The molecule has 32 heavy (non-hydrogen) atoms. The number of aryl methyl sites for hydroxylation is 2. The number of esters is 1. The summed E-state index contributed by atoms with van der Waals surface area (Å²) in [7, 11) is -3.94. The predicted octanol–water partition coefficient (Wildman–Crippen LogP) is 0.879. The van der Waals surface area contributed by atoms with Gasteiger partial charge in [0.2, 0.25) is 15.9 Å². The number of nitrogens with zero attached hydrogens (tertiary/aromatic N) is 4. The van der Waals surface area contributed by atoms with Crippen LogP contribution in [0.5, 0.6) is 0 Å². The standard InChI is InChI=1S/C20H27N5O6S/c1-5-30-20(27)16-6-7-17(21-12-16)24-8-10-25(11-9-24)19(26)14(3)23-32(28,29)18-13(2)22-31-15(18)4/h6-7,12,14,23H,5,8-11H2,1-4H3/t14-/m0/s1. The van der Waals surface area contributed by atoms with Crippen molar-refractivity contribution in [3.8, 4) is 0 Å². The molecule has 0 saturated carbocycles. The molecular weight excluding hydrogens is 438 g/mol. The molecule has 0 aliphatic carbocycles. The summed E-state index contributed by atoms with van der Waals surface area (Å²) in [6.07, 6.45) is 1.47. The third kappa shape index (κ3) is 5.07. The number of hydrogen-bond acceptors (Lipinski definition) is 9. The molecule has 2 aromatic rings. The Balaban J connectivity index is 1.57. The summed E-state index contributed by atoms with van der Waals surface area (Å²) < 4.78 is 37.6. The highest BCUT2D eigenvalue weighted by atomic mass is 32.2.